The fraction of sp³-hybridized carbons (Fsp3) is 0.667. The fourth-order valence-electron chi connectivity index (χ4n) is 1.78. The Balaban J connectivity index is 2.26. The van der Waals surface area contributed by atoms with Gasteiger partial charge >= 0.3 is 0 Å². The lowest BCUT2D eigenvalue weighted by Crippen LogP contribution is -1.96. The van der Waals surface area contributed by atoms with Gasteiger partial charge < -0.3 is 15.3 Å². The van der Waals surface area contributed by atoms with Crippen molar-refractivity contribution in [3.63, 3.8) is 0 Å². The van der Waals surface area contributed by atoms with Crippen molar-refractivity contribution in [3.8, 4) is 17.5 Å². The van der Waals surface area contributed by atoms with Gasteiger partial charge in [0.05, 0.1) is 0 Å². The minimum atomic E-state index is -0.261. The lowest BCUT2D eigenvalue weighted by Gasteiger charge is -2.06. The van der Waals surface area contributed by atoms with E-state index in [-0.39, 0.29) is 17.5 Å². The largest absolute Gasteiger partial charge is 0.503 e. The van der Waals surface area contributed by atoms with Gasteiger partial charge in [0.1, 0.15) is 0 Å². The third-order valence-corrected chi connectivity index (χ3v) is 2.76. The summed E-state index contributed by atoms with van der Waals surface area (Å²) < 4.78 is 1.33. The molecule has 1 heterocycles. The molecule has 0 atom stereocenters. The summed E-state index contributed by atoms with van der Waals surface area (Å²) >= 11 is 0. The Hall–Kier alpha value is -1.32. The Kier molecular flexibility index (Phi) is 5.02. The van der Waals surface area contributed by atoms with E-state index in [4.69, 9.17) is 5.11 Å². The number of unbranched alkanes of at least 4 members (excludes halogenated alkanes) is 5. The summed E-state index contributed by atoms with van der Waals surface area (Å²) in [7, 11) is 0. The molecule has 1 rings (SSSR count). The van der Waals surface area contributed by atoms with Gasteiger partial charge in [0.2, 0.25) is 5.88 Å². The van der Waals surface area contributed by atoms with Crippen LogP contribution in [-0.4, -0.2) is 19.9 Å². The molecule has 0 aliphatic carbocycles. The van der Waals surface area contributed by atoms with Gasteiger partial charge in [0.25, 0.3) is 0 Å². The summed E-state index contributed by atoms with van der Waals surface area (Å²) in [6.45, 7) is 2.73. The first-order valence-corrected chi connectivity index (χ1v) is 5.97. The number of aromatic hydroxyl groups is 3. The Morgan fingerprint density at radius 3 is 2.19 bits per heavy atom. The van der Waals surface area contributed by atoms with Crippen LogP contribution in [-0.2, 0) is 6.54 Å². The Morgan fingerprint density at radius 1 is 1.00 bits per heavy atom. The van der Waals surface area contributed by atoms with Crippen LogP contribution in [0.1, 0.15) is 45.4 Å². The monoisotopic (exact) mass is 227 g/mol. The van der Waals surface area contributed by atoms with Gasteiger partial charge in [0.15, 0.2) is 11.6 Å². The van der Waals surface area contributed by atoms with E-state index in [1.54, 1.807) is 0 Å². The Labute approximate surface area is 96.2 Å². The van der Waals surface area contributed by atoms with E-state index in [9.17, 15) is 10.2 Å². The van der Waals surface area contributed by atoms with E-state index in [0.717, 1.165) is 18.9 Å². The number of rotatable bonds is 7. The van der Waals surface area contributed by atoms with Crippen molar-refractivity contribution in [1.29, 1.82) is 0 Å². The van der Waals surface area contributed by atoms with Crippen molar-refractivity contribution in [2.45, 2.75) is 52.0 Å². The molecule has 0 radical (unpaired) electrons. The van der Waals surface area contributed by atoms with Crippen LogP contribution in [0.4, 0.5) is 0 Å². The van der Waals surface area contributed by atoms with Gasteiger partial charge in [-0.3, -0.25) is 4.57 Å². The van der Waals surface area contributed by atoms with Crippen molar-refractivity contribution < 1.29 is 15.3 Å². The molecular formula is C12H21NO3. The predicted octanol–water partition coefficient (Wildman–Crippen LogP) is 2.97. The van der Waals surface area contributed by atoms with E-state index in [1.165, 1.54) is 30.3 Å². The molecule has 3 N–H and O–H groups in total. The summed E-state index contributed by atoms with van der Waals surface area (Å²) in [6, 6.07) is 1.16. The molecule has 16 heavy (non-hydrogen) atoms. The Morgan fingerprint density at radius 2 is 1.62 bits per heavy atom. The minimum Gasteiger partial charge on any atom is -0.503 e. The van der Waals surface area contributed by atoms with Crippen LogP contribution < -0.4 is 0 Å². The second kappa shape index (κ2) is 6.30. The van der Waals surface area contributed by atoms with Crippen LogP contribution in [0, 0.1) is 0 Å². The number of hydrogen-bond acceptors (Lipinski definition) is 3. The number of aromatic nitrogens is 1. The summed E-state index contributed by atoms with van der Waals surface area (Å²) in [6.07, 6.45) is 6.90. The average Bonchev–Trinajstić information content (AvgIpc) is 2.49. The number of hydrogen-bond donors (Lipinski definition) is 3. The van der Waals surface area contributed by atoms with Gasteiger partial charge in [-0.15, -0.1) is 0 Å². The summed E-state index contributed by atoms with van der Waals surface area (Å²) in [5.74, 6) is -0.585. The van der Waals surface area contributed by atoms with Gasteiger partial charge in [-0.2, -0.15) is 0 Å². The standard InChI is InChI=1S/C12H21NO3/c1-2-3-4-5-6-7-8-13-11(15)9-10(14)12(13)16/h9,14-16H,2-8H2,1H3. The van der Waals surface area contributed by atoms with Crippen molar-refractivity contribution in [2.75, 3.05) is 0 Å². The van der Waals surface area contributed by atoms with Crippen molar-refractivity contribution in [3.05, 3.63) is 6.07 Å². The normalized spacial score (nSPS) is 10.8. The molecule has 0 saturated heterocycles. The van der Waals surface area contributed by atoms with E-state index in [0.29, 0.717) is 6.54 Å². The maximum absolute atomic E-state index is 9.41. The first-order chi connectivity index (χ1) is 7.66. The molecule has 0 amide bonds. The Bertz CT molecular complexity index is 320. The molecule has 0 unspecified atom stereocenters. The van der Waals surface area contributed by atoms with Crippen LogP contribution >= 0.6 is 0 Å². The van der Waals surface area contributed by atoms with Gasteiger partial charge in [0, 0.05) is 12.6 Å². The highest BCUT2D eigenvalue weighted by atomic mass is 16.3. The summed E-state index contributed by atoms with van der Waals surface area (Å²) in [5, 5.41) is 28.0. The zero-order valence-electron chi connectivity index (χ0n) is 9.82. The van der Waals surface area contributed by atoms with Gasteiger partial charge in [-0.25, -0.2) is 0 Å². The maximum Gasteiger partial charge on any atom is 0.237 e. The van der Waals surface area contributed by atoms with Crippen LogP contribution in [0.3, 0.4) is 0 Å². The highest BCUT2D eigenvalue weighted by Crippen LogP contribution is 2.33. The fourth-order valence-corrected chi connectivity index (χ4v) is 1.78. The van der Waals surface area contributed by atoms with Crippen molar-refractivity contribution in [1.82, 2.24) is 4.57 Å². The maximum atomic E-state index is 9.41. The molecule has 0 fully saturated rings. The number of nitrogens with zero attached hydrogens (tertiary/aromatic N) is 1. The van der Waals surface area contributed by atoms with Crippen molar-refractivity contribution in [2.24, 2.45) is 0 Å². The van der Waals surface area contributed by atoms with Crippen LogP contribution in [0.2, 0.25) is 0 Å². The van der Waals surface area contributed by atoms with Crippen LogP contribution in [0.25, 0.3) is 0 Å². The second-order valence-electron chi connectivity index (χ2n) is 4.13. The third-order valence-electron chi connectivity index (χ3n) is 2.76. The smallest absolute Gasteiger partial charge is 0.237 e. The quantitative estimate of drug-likeness (QED) is 0.627. The zero-order chi connectivity index (χ0) is 12.0. The van der Waals surface area contributed by atoms with E-state index >= 15 is 0 Å². The highest BCUT2D eigenvalue weighted by molar-refractivity contribution is 5.39. The molecule has 0 aliphatic heterocycles. The second-order valence-corrected chi connectivity index (χ2v) is 4.13. The molecular weight excluding hydrogens is 206 g/mol. The summed E-state index contributed by atoms with van der Waals surface area (Å²) in [4.78, 5) is 0. The average molecular weight is 227 g/mol. The lowest BCUT2D eigenvalue weighted by atomic mass is 10.1. The van der Waals surface area contributed by atoms with Crippen LogP contribution in [0.5, 0.6) is 17.5 Å². The highest BCUT2D eigenvalue weighted by Gasteiger charge is 2.11. The van der Waals surface area contributed by atoms with E-state index < -0.39 is 0 Å². The molecule has 4 nitrogen and oxygen atoms in total. The molecule has 0 bridgehead atoms. The molecule has 1 aromatic heterocycles. The van der Waals surface area contributed by atoms with Gasteiger partial charge in [-0.05, 0) is 6.42 Å². The molecule has 1 aromatic rings. The zero-order valence-corrected chi connectivity index (χ0v) is 9.82. The minimum absolute atomic E-state index is 0.0800. The first-order valence-electron chi connectivity index (χ1n) is 5.97. The van der Waals surface area contributed by atoms with E-state index in [1.807, 2.05) is 0 Å². The topological polar surface area (TPSA) is 65.6 Å². The lowest BCUT2D eigenvalue weighted by molar-refractivity contribution is 0.346. The molecule has 0 aromatic carbocycles. The molecule has 4 heteroatoms. The van der Waals surface area contributed by atoms with Crippen molar-refractivity contribution >= 4 is 0 Å². The van der Waals surface area contributed by atoms with Crippen LogP contribution in [0.15, 0.2) is 6.07 Å². The first kappa shape index (κ1) is 12.7. The molecule has 0 aliphatic rings. The molecule has 92 valence electrons. The third kappa shape index (κ3) is 3.36. The molecule has 0 spiro atoms. The van der Waals surface area contributed by atoms with Gasteiger partial charge in [-0.1, -0.05) is 39.0 Å². The van der Waals surface area contributed by atoms with E-state index in [2.05, 4.69) is 6.92 Å². The molecule has 0 saturated carbocycles. The SMILES string of the molecule is CCCCCCCCn1c(O)cc(O)c1O. The predicted molar refractivity (Wildman–Crippen MR) is 62.8 cm³/mol. The summed E-state index contributed by atoms with van der Waals surface area (Å²) in [5.41, 5.74) is 0.